The molecule has 0 aliphatic rings. The van der Waals surface area contributed by atoms with Crippen molar-refractivity contribution >= 4 is 0 Å². The molecular formula is C14H14N6. The Morgan fingerprint density at radius 3 is 2.60 bits per heavy atom. The maximum atomic E-state index is 4.42. The molecule has 0 bridgehead atoms. The fraction of sp³-hybridized carbons (Fsp3) is 0.143. The fourth-order valence-corrected chi connectivity index (χ4v) is 1.81. The molecule has 100 valence electrons. The molecule has 2 heterocycles. The second-order valence-corrected chi connectivity index (χ2v) is 4.28. The highest BCUT2D eigenvalue weighted by Gasteiger charge is 2.02. The van der Waals surface area contributed by atoms with Gasteiger partial charge in [-0.05, 0) is 24.3 Å². The Kier molecular flexibility index (Phi) is 3.75. The number of para-hydroxylation sites is 1. The van der Waals surface area contributed by atoms with E-state index in [1.54, 1.807) is 17.2 Å². The lowest BCUT2D eigenvalue weighted by Gasteiger charge is -2.01. The van der Waals surface area contributed by atoms with Crippen LogP contribution in [-0.2, 0) is 13.1 Å². The Hall–Kier alpha value is -2.60. The summed E-state index contributed by atoms with van der Waals surface area (Å²) in [5.74, 6) is 0. The first kappa shape index (κ1) is 12.4. The molecule has 0 spiro atoms. The van der Waals surface area contributed by atoms with Gasteiger partial charge in [-0.15, -0.1) is 0 Å². The van der Waals surface area contributed by atoms with Crippen LogP contribution in [0.3, 0.4) is 0 Å². The van der Waals surface area contributed by atoms with Gasteiger partial charge in [-0.3, -0.25) is 0 Å². The number of hydrogen-bond acceptors (Lipinski definition) is 5. The lowest BCUT2D eigenvalue weighted by molar-refractivity contribution is 0.647. The van der Waals surface area contributed by atoms with Crippen molar-refractivity contribution < 1.29 is 0 Å². The number of benzene rings is 1. The average molecular weight is 266 g/mol. The smallest absolute Gasteiger partial charge is 0.0969 e. The molecule has 0 atom stereocenters. The normalized spacial score (nSPS) is 10.6. The maximum Gasteiger partial charge on any atom is 0.0969 e. The van der Waals surface area contributed by atoms with Crippen molar-refractivity contribution in [2.24, 2.45) is 0 Å². The van der Waals surface area contributed by atoms with Crippen LogP contribution in [0.5, 0.6) is 0 Å². The highest BCUT2D eigenvalue weighted by molar-refractivity contribution is 5.28. The number of nitrogens with one attached hydrogen (secondary N) is 1. The van der Waals surface area contributed by atoms with Gasteiger partial charge in [-0.1, -0.05) is 18.2 Å². The third kappa shape index (κ3) is 3.04. The summed E-state index contributed by atoms with van der Waals surface area (Å²) in [7, 11) is 0. The van der Waals surface area contributed by atoms with Gasteiger partial charge < -0.3 is 5.32 Å². The largest absolute Gasteiger partial charge is 0.305 e. The second-order valence-electron chi connectivity index (χ2n) is 4.28. The maximum absolute atomic E-state index is 4.42. The number of aromatic nitrogens is 5. The minimum absolute atomic E-state index is 0.642. The Balaban J connectivity index is 1.58. The molecule has 6 nitrogen and oxygen atoms in total. The first-order valence-corrected chi connectivity index (χ1v) is 6.36. The summed E-state index contributed by atoms with van der Waals surface area (Å²) in [5.41, 5.74) is 2.74. The minimum atomic E-state index is 0.642. The van der Waals surface area contributed by atoms with E-state index >= 15 is 0 Å². The molecular weight excluding hydrogens is 252 g/mol. The van der Waals surface area contributed by atoms with Crippen LogP contribution in [0.4, 0.5) is 0 Å². The predicted octanol–water partition coefficient (Wildman–Crippen LogP) is 1.35. The molecule has 3 aromatic rings. The summed E-state index contributed by atoms with van der Waals surface area (Å²) >= 11 is 0. The highest BCUT2D eigenvalue weighted by atomic mass is 15.5. The fourth-order valence-electron chi connectivity index (χ4n) is 1.81. The predicted molar refractivity (Wildman–Crippen MR) is 73.9 cm³/mol. The van der Waals surface area contributed by atoms with E-state index in [1.807, 2.05) is 42.5 Å². The van der Waals surface area contributed by atoms with Crippen LogP contribution >= 0.6 is 0 Å². The number of hydrogen-bond donors (Lipinski definition) is 1. The van der Waals surface area contributed by atoms with Crippen molar-refractivity contribution in [1.82, 2.24) is 30.5 Å². The number of rotatable bonds is 5. The first-order chi connectivity index (χ1) is 9.92. The standard InChI is InChI=1S/C14H14N6/c1-2-6-14(7-3-1)20-17-11-13(19-20)10-15-9-12-5-4-8-16-18-12/h1-8,11,15H,9-10H2. The average Bonchev–Trinajstić information content (AvgIpc) is 2.98. The molecule has 2 aromatic heterocycles. The summed E-state index contributed by atoms with van der Waals surface area (Å²) in [4.78, 5) is 1.62. The van der Waals surface area contributed by atoms with Crippen molar-refractivity contribution in [2.45, 2.75) is 13.1 Å². The van der Waals surface area contributed by atoms with Crippen LogP contribution in [-0.4, -0.2) is 25.2 Å². The zero-order chi connectivity index (χ0) is 13.6. The van der Waals surface area contributed by atoms with Crippen LogP contribution < -0.4 is 5.32 Å². The molecule has 3 rings (SSSR count). The van der Waals surface area contributed by atoms with E-state index in [0.29, 0.717) is 13.1 Å². The molecule has 0 unspecified atom stereocenters. The van der Waals surface area contributed by atoms with E-state index in [4.69, 9.17) is 0 Å². The molecule has 0 radical (unpaired) electrons. The summed E-state index contributed by atoms with van der Waals surface area (Å²) in [6.45, 7) is 1.30. The van der Waals surface area contributed by atoms with Crippen molar-refractivity contribution in [1.29, 1.82) is 0 Å². The van der Waals surface area contributed by atoms with E-state index < -0.39 is 0 Å². The summed E-state index contributed by atoms with van der Waals surface area (Å²) in [6.07, 6.45) is 3.42. The van der Waals surface area contributed by atoms with Crippen molar-refractivity contribution in [3.05, 3.63) is 66.2 Å². The minimum Gasteiger partial charge on any atom is -0.305 e. The van der Waals surface area contributed by atoms with Gasteiger partial charge in [0.1, 0.15) is 0 Å². The molecule has 1 N–H and O–H groups in total. The third-order valence-corrected chi connectivity index (χ3v) is 2.77. The van der Waals surface area contributed by atoms with E-state index in [0.717, 1.165) is 17.1 Å². The van der Waals surface area contributed by atoms with Gasteiger partial charge in [0.25, 0.3) is 0 Å². The molecule has 6 heteroatoms. The second kappa shape index (κ2) is 6.03. The van der Waals surface area contributed by atoms with Crippen LogP contribution in [0, 0.1) is 0 Å². The quantitative estimate of drug-likeness (QED) is 0.755. The third-order valence-electron chi connectivity index (χ3n) is 2.77. The summed E-state index contributed by atoms with van der Waals surface area (Å²) in [5, 5.41) is 19.8. The van der Waals surface area contributed by atoms with Gasteiger partial charge in [0.15, 0.2) is 0 Å². The highest BCUT2D eigenvalue weighted by Crippen LogP contribution is 2.04. The lowest BCUT2D eigenvalue weighted by atomic mass is 10.3. The summed E-state index contributed by atoms with van der Waals surface area (Å²) < 4.78 is 0. The Morgan fingerprint density at radius 1 is 0.950 bits per heavy atom. The molecule has 0 amide bonds. The van der Waals surface area contributed by atoms with Gasteiger partial charge in [0, 0.05) is 19.3 Å². The van der Waals surface area contributed by atoms with E-state index in [-0.39, 0.29) is 0 Å². The molecule has 20 heavy (non-hydrogen) atoms. The molecule has 0 saturated heterocycles. The molecule has 0 fully saturated rings. The Morgan fingerprint density at radius 2 is 1.80 bits per heavy atom. The van der Waals surface area contributed by atoms with Crippen LogP contribution in [0.25, 0.3) is 5.69 Å². The van der Waals surface area contributed by atoms with Gasteiger partial charge in [0.2, 0.25) is 0 Å². The van der Waals surface area contributed by atoms with Crippen LogP contribution in [0.2, 0.25) is 0 Å². The van der Waals surface area contributed by atoms with Gasteiger partial charge in [-0.2, -0.15) is 25.2 Å². The van der Waals surface area contributed by atoms with Crippen molar-refractivity contribution in [2.75, 3.05) is 0 Å². The van der Waals surface area contributed by atoms with Crippen molar-refractivity contribution in [3.8, 4) is 5.69 Å². The molecule has 0 saturated carbocycles. The molecule has 1 aromatic carbocycles. The summed E-state index contributed by atoms with van der Waals surface area (Å²) in [6, 6.07) is 13.6. The first-order valence-electron chi connectivity index (χ1n) is 6.36. The topological polar surface area (TPSA) is 68.5 Å². The molecule has 0 aliphatic heterocycles. The van der Waals surface area contributed by atoms with Gasteiger partial charge in [-0.25, -0.2) is 0 Å². The van der Waals surface area contributed by atoms with Gasteiger partial charge in [0.05, 0.1) is 23.3 Å². The van der Waals surface area contributed by atoms with Crippen molar-refractivity contribution in [3.63, 3.8) is 0 Å². The monoisotopic (exact) mass is 266 g/mol. The van der Waals surface area contributed by atoms with Crippen LogP contribution in [0.1, 0.15) is 11.4 Å². The number of nitrogens with zero attached hydrogens (tertiary/aromatic N) is 5. The Labute approximate surface area is 116 Å². The van der Waals surface area contributed by atoms with E-state index in [9.17, 15) is 0 Å². The van der Waals surface area contributed by atoms with E-state index in [2.05, 4.69) is 25.7 Å². The molecule has 0 aliphatic carbocycles. The van der Waals surface area contributed by atoms with Gasteiger partial charge >= 0.3 is 0 Å². The van der Waals surface area contributed by atoms with E-state index in [1.165, 1.54) is 0 Å². The zero-order valence-electron chi connectivity index (χ0n) is 10.8. The SMILES string of the molecule is c1ccc(-n2ncc(CNCc3cccnn3)n2)cc1. The zero-order valence-corrected chi connectivity index (χ0v) is 10.8. The lowest BCUT2D eigenvalue weighted by Crippen LogP contribution is -2.14. The Bertz CT molecular complexity index is 650. The van der Waals surface area contributed by atoms with Crippen LogP contribution in [0.15, 0.2) is 54.9 Å².